The summed E-state index contributed by atoms with van der Waals surface area (Å²) in [5, 5.41) is 3.06. The molecule has 1 aromatic rings. The lowest BCUT2D eigenvalue weighted by Gasteiger charge is -2.20. The van der Waals surface area contributed by atoms with E-state index in [0.29, 0.717) is 0 Å². The Morgan fingerprint density at radius 1 is 1.28 bits per heavy atom. The Balaban J connectivity index is 2.10. The molecule has 0 saturated carbocycles. The molecular formula is C15H22N2O. The number of nitrogens with zero attached hydrogens (tertiary/aromatic N) is 1. The minimum atomic E-state index is 0.124. The van der Waals surface area contributed by atoms with E-state index in [0.717, 1.165) is 25.1 Å². The molecule has 0 spiro atoms. The van der Waals surface area contributed by atoms with Crippen LogP contribution in [0.15, 0.2) is 18.2 Å². The van der Waals surface area contributed by atoms with Crippen LogP contribution in [0.4, 0.5) is 0 Å². The molecule has 0 aromatic heterocycles. The lowest BCUT2D eigenvalue weighted by Crippen LogP contribution is -2.32. The fourth-order valence-corrected chi connectivity index (χ4v) is 2.47. The zero-order valence-corrected chi connectivity index (χ0v) is 11.3. The molecule has 3 nitrogen and oxygen atoms in total. The van der Waals surface area contributed by atoms with Gasteiger partial charge in [0.2, 0.25) is 0 Å². The molecule has 1 aliphatic rings. The SMILES string of the molecule is CNCCN(C)C(=O)c1ccc2c(c1)CCCC2. The summed E-state index contributed by atoms with van der Waals surface area (Å²) in [6, 6.07) is 6.20. The van der Waals surface area contributed by atoms with Crippen LogP contribution in [0.1, 0.15) is 34.3 Å². The highest BCUT2D eigenvalue weighted by molar-refractivity contribution is 5.94. The van der Waals surface area contributed by atoms with Gasteiger partial charge in [0.25, 0.3) is 5.91 Å². The van der Waals surface area contributed by atoms with Crippen molar-refractivity contribution in [2.75, 3.05) is 27.2 Å². The third-order valence-electron chi connectivity index (χ3n) is 3.64. The maximum Gasteiger partial charge on any atom is 0.253 e. The van der Waals surface area contributed by atoms with Crippen molar-refractivity contribution in [1.29, 1.82) is 0 Å². The Kier molecular flexibility index (Phi) is 4.37. The largest absolute Gasteiger partial charge is 0.340 e. The smallest absolute Gasteiger partial charge is 0.253 e. The highest BCUT2D eigenvalue weighted by Gasteiger charge is 2.15. The summed E-state index contributed by atoms with van der Waals surface area (Å²) in [5.41, 5.74) is 3.62. The van der Waals surface area contributed by atoms with Crippen LogP contribution in [0.25, 0.3) is 0 Å². The monoisotopic (exact) mass is 246 g/mol. The molecule has 0 aliphatic heterocycles. The predicted octanol–water partition coefficient (Wildman–Crippen LogP) is 1.86. The van der Waals surface area contributed by atoms with Gasteiger partial charge in [-0.2, -0.15) is 0 Å². The molecule has 0 heterocycles. The van der Waals surface area contributed by atoms with Crippen LogP contribution >= 0.6 is 0 Å². The summed E-state index contributed by atoms with van der Waals surface area (Å²) < 4.78 is 0. The Labute approximate surface area is 109 Å². The molecule has 1 N–H and O–H groups in total. The van der Waals surface area contributed by atoms with E-state index in [-0.39, 0.29) is 5.91 Å². The first-order valence-corrected chi connectivity index (χ1v) is 6.74. The van der Waals surface area contributed by atoms with Crippen molar-refractivity contribution in [2.45, 2.75) is 25.7 Å². The Morgan fingerprint density at radius 3 is 2.72 bits per heavy atom. The number of fused-ring (bicyclic) bond motifs is 1. The summed E-state index contributed by atoms with van der Waals surface area (Å²) in [6.07, 6.45) is 4.82. The van der Waals surface area contributed by atoms with Gasteiger partial charge in [0.1, 0.15) is 0 Å². The number of rotatable bonds is 4. The fraction of sp³-hybridized carbons (Fsp3) is 0.533. The average Bonchev–Trinajstić information content (AvgIpc) is 2.43. The predicted molar refractivity (Wildman–Crippen MR) is 74.0 cm³/mol. The number of carbonyl (C=O) groups excluding carboxylic acids is 1. The van der Waals surface area contributed by atoms with Gasteiger partial charge in [0.15, 0.2) is 0 Å². The molecule has 0 radical (unpaired) electrons. The molecule has 18 heavy (non-hydrogen) atoms. The molecule has 0 atom stereocenters. The van der Waals surface area contributed by atoms with Gasteiger partial charge in [-0.25, -0.2) is 0 Å². The van der Waals surface area contributed by atoms with E-state index in [2.05, 4.69) is 17.4 Å². The molecule has 1 aliphatic carbocycles. The van der Waals surface area contributed by atoms with Crippen molar-refractivity contribution in [3.05, 3.63) is 34.9 Å². The highest BCUT2D eigenvalue weighted by atomic mass is 16.2. The molecule has 98 valence electrons. The van der Waals surface area contributed by atoms with E-state index in [9.17, 15) is 4.79 Å². The second kappa shape index (κ2) is 6.01. The molecule has 0 unspecified atom stereocenters. The minimum Gasteiger partial charge on any atom is -0.340 e. The zero-order valence-electron chi connectivity index (χ0n) is 11.3. The number of aryl methyl sites for hydroxylation is 2. The zero-order chi connectivity index (χ0) is 13.0. The molecule has 0 fully saturated rings. The summed E-state index contributed by atoms with van der Waals surface area (Å²) in [6.45, 7) is 1.57. The van der Waals surface area contributed by atoms with Crippen LogP contribution in [0.5, 0.6) is 0 Å². The molecule has 1 aromatic carbocycles. The molecule has 0 bridgehead atoms. The van der Waals surface area contributed by atoms with Crippen molar-refractivity contribution in [3.8, 4) is 0 Å². The van der Waals surface area contributed by atoms with Gasteiger partial charge in [-0.1, -0.05) is 6.07 Å². The van der Waals surface area contributed by atoms with Crippen molar-refractivity contribution in [1.82, 2.24) is 10.2 Å². The van der Waals surface area contributed by atoms with Crippen LogP contribution in [0.3, 0.4) is 0 Å². The molecule has 3 heteroatoms. The lowest BCUT2D eigenvalue weighted by molar-refractivity contribution is 0.0796. The molecule has 1 amide bonds. The molecule has 2 rings (SSSR count). The summed E-state index contributed by atoms with van der Waals surface area (Å²) in [5.74, 6) is 0.124. The molecular weight excluding hydrogens is 224 g/mol. The number of amides is 1. The first-order valence-electron chi connectivity index (χ1n) is 6.74. The first-order chi connectivity index (χ1) is 8.72. The van der Waals surface area contributed by atoms with E-state index >= 15 is 0 Å². The first kappa shape index (κ1) is 13.1. The second-order valence-electron chi connectivity index (χ2n) is 5.02. The van der Waals surface area contributed by atoms with Gasteiger partial charge in [-0.3, -0.25) is 4.79 Å². The highest BCUT2D eigenvalue weighted by Crippen LogP contribution is 2.22. The van der Waals surface area contributed by atoms with Crippen molar-refractivity contribution in [2.24, 2.45) is 0 Å². The van der Waals surface area contributed by atoms with E-state index in [1.807, 2.05) is 20.2 Å². The van der Waals surface area contributed by atoms with Crippen molar-refractivity contribution >= 4 is 5.91 Å². The third kappa shape index (κ3) is 2.91. The van der Waals surface area contributed by atoms with Gasteiger partial charge in [0.05, 0.1) is 0 Å². The van der Waals surface area contributed by atoms with Gasteiger partial charge >= 0.3 is 0 Å². The van der Waals surface area contributed by atoms with Crippen LogP contribution in [0.2, 0.25) is 0 Å². The maximum absolute atomic E-state index is 12.2. The maximum atomic E-state index is 12.2. The topological polar surface area (TPSA) is 32.3 Å². The fourth-order valence-electron chi connectivity index (χ4n) is 2.47. The van der Waals surface area contributed by atoms with Gasteiger partial charge in [-0.05, 0) is 56.0 Å². The Hall–Kier alpha value is -1.35. The normalized spacial score (nSPS) is 14.1. The minimum absolute atomic E-state index is 0.124. The second-order valence-corrected chi connectivity index (χ2v) is 5.02. The van der Waals surface area contributed by atoms with Crippen molar-refractivity contribution < 1.29 is 4.79 Å². The van der Waals surface area contributed by atoms with E-state index < -0.39 is 0 Å². The summed E-state index contributed by atoms with van der Waals surface area (Å²) >= 11 is 0. The summed E-state index contributed by atoms with van der Waals surface area (Å²) in [4.78, 5) is 14.0. The average molecular weight is 246 g/mol. The Morgan fingerprint density at radius 2 is 2.00 bits per heavy atom. The van der Waals surface area contributed by atoms with Crippen LogP contribution < -0.4 is 5.32 Å². The van der Waals surface area contributed by atoms with Crippen molar-refractivity contribution in [3.63, 3.8) is 0 Å². The van der Waals surface area contributed by atoms with E-state index in [4.69, 9.17) is 0 Å². The number of carbonyl (C=O) groups is 1. The van der Waals surface area contributed by atoms with E-state index in [1.54, 1.807) is 4.90 Å². The Bertz CT molecular complexity index is 429. The third-order valence-corrected chi connectivity index (χ3v) is 3.64. The van der Waals surface area contributed by atoms with Crippen LogP contribution in [-0.4, -0.2) is 38.0 Å². The number of hydrogen-bond acceptors (Lipinski definition) is 2. The quantitative estimate of drug-likeness (QED) is 0.879. The van der Waals surface area contributed by atoms with Gasteiger partial charge in [-0.15, -0.1) is 0 Å². The molecule has 0 saturated heterocycles. The van der Waals surface area contributed by atoms with E-state index in [1.165, 1.54) is 30.4 Å². The number of benzene rings is 1. The number of hydrogen-bond donors (Lipinski definition) is 1. The van der Waals surface area contributed by atoms with Crippen LogP contribution in [0, 0.1) is 0 Å². The standard InChI is InChI=1S/C15H22N2O/c1-16-9-10-17(2)15(18)14-8-7-12-5-3-4-6-13(12)11-14/h7-8,11,16H,3-6,9-10H2,1-2H3. The van der Waals surface area contributed by atoms with Crippen LogP contribution in [-0.2, 0) is 12.8 Å². The van der Waals surface area contributed by atoms with Gasteiger partial charge < -0.3 is 10.2 Å². The summed E-state index contributed by atoms with van der Waals surface area (Å²) in [7, 11) is 3.76. The number of likely N-dealkylation sites (N-methyl/N-ethyl adjacent to an activating group) is 2. The lowest BCUT2D eigenvalue weighted by atomic mass is 9.90. The number of nitrogens with one attached hydrogen (secondary N) is 1. The van der Waals surface area contributed by atoms with Gasteiger partial charge in [0, 0.05) is 25.7 Å².